The molecule has 0 aliphatic carbocycles. The molecule has 4 aromatic rings. The molecule has 0 aliphatic rings. The number of ether oxygens (including phenoxy) is 1. The molecule has 0 fully saturated rings. The largest absolute Gasteiger partial charge is 0.490 e. The minimum absolute atomic E-state index is 0.00592. The molecule has 1 amide bonds. The van der Waals surface area contributed by atoms with Crippen molar-refractivity contribution in [2.24, 2.45) is 0 Å². The number of hydrogen-bond donors (Lipinski definition) is 1. The van der Waals surface area contributed by atoms with Crippen LogP contribution in [0.1, 0.15) is 28.6 Å². The Labute approximate surface area is 161 Å². The molecule has 0 atom stereocenters. The number of hydrogen-bond acceptors (Lipinski definition) is 6. The van der Waals surface area contributed by atoms with Gasteiger partial charge < -0.3 is 13.6 Å². The number of furan rings is 1. The van der Waals surface area contributed by atoms with Gasteiger partial charge in [0, 0.05) is 10.9 Å². The second-order valence-corrected chi connectivity index (χ2v) is 6.40. The second kappa shape index (κ2) is 7.19. The van der Waals surface area contributed by atoms with Gasteiger partial charge in [0.1, 0.15) is 0 Å². The maximum absolute atomic E-state index is 12.5. The molecule has 2 aromatic heterocycles. The summed E-state index contributed by atoms with van der Waals surface area (Å²) in [5.74, 6) is 0.595. The molecule has 7 heteroatoms. The fourth-order valence-electron chi connectivity index (χ4n) is 2.92. The van der Waals surface area contributed by atoms with Crippen molar-refractivity contribution in [2.45, 2.75) is 20.8 Å². The molecule has 7 nitrogen and oxygen atoms in total. The fourth-order valence-corrected chi connectivity index (χ4v) is 2.92. The molecule has 0 saturated carbocycles. The number of para-hydroxylation sites is 1. The molecule has 0 bridgehead atoms. The standard InChI is InChI=1S/C21H19N3O4/c1-4-26-16-7-5-6-14-11-17(27-18(14)16)19(25)22-21-24-23-20(28-21)15-10-12(2)8-9-13(15)3/h5-11H,4H2,1-3H3,(H,22,24,25). The van der Waals surface area contributed by atoms with Crippen LogP contribution in [0, 0.1) is 13.8 Å². The first-order valence-corrected chi connectivity index (χ1v) is 8.93. The summed E-state index contributed by atoms with van der Waals surface area (Å²) in [4.78, 5) is 12.5. The molecule has 1 N–H and O–H groups in total. The van der Waals surface area contributed by atoms with Gasteiger partial charge in [-0.2, -0.15) is 0 Å². The monoisotopic (exact) mass is 377 g/mol. The van der Waals surface area contributed by atoms with Crippen LogP contribution in [0.25, 0.3) is 22.4 Å². The molecule has 142 valence electrons. The molecule has 0 unspecified atom stereocenters. The summed E-state index contributed by atoms with van der Waals surface area (Å²) in [6.45, 7) is 6.34. The van der Waals surface area contributed by atoms with Gasteiger partial charge in [0.05, 0.1) is 6.61 Å². The SMILES string of the molecule is CCOc1cccc2cc(C(=O)Nc3nnc(-c4cc(C)ccc4C)o3)oc12. The maximum Gasteiger partial charge on any atom is 0.322 e. The number of nitrogens with zero attached hydrogens (tertiary/aromatic N) is 2. The average molecular weight is 377 g/mol. The van der Waals surface area contributed by atoms with E-state index in [-0.39, 0.29) is 11.8 Å². The van der Waals surface area contributed by atoms with Gasteiger partial charge in [-0.25, -0.2) is 0 Å². The Kier molecular flexibility index (Phi) is 4.57. The number of benzene rings is 2. The number of anilines is 1. The van der Waals surface area contributed by atoms with E-state index < -0.39 is 5.91 Å². The van der Waals surface area contributed by atoms with Crippen molar-refractivity contribution in [3.05, 3.63) is 59.4 Å². The topological polar surface area (TPSA) is 90.4 Å². The van der Waals surface area contributed by atoms with Crippen molar-refractivity contribution in [1.82, 2.24) is 10.2 Å². The first-order chi connectivity index (χ1) is 13.5. The number of nitrogens with one attached hydrogen (secondary N) is 1. The highest BCUT2D eigenvalue weighted by molar-refractivity contribution is 6.04. The highest BCUT2D eigenvalue weighted by atomic mass is 16.5. The molecule has 28 heavy (non-hydrogen) atoms. The summed E-state index contributed by atoms with van der Waals surface area (Å²) in [6, 6.07) is 13.1. The predicted octanol–water partition coefficient (Wildman–Crippen LogP) is 4.75. The van der Waals surface area contributed by atoms with E-state index >= 15 is 0 Å². The minimum atomic E-state index is -0.477. The Morgan fingerprint density at radius 3 is 2.79 bits per heavy atom. The molecule has 0 aliphatic heterocycles. The first-order valence-electron chi connectivity index (χ1n) is 8.93. The van der Waals surface area contributed by atoms with Crippen molar-refractivity contribution >= 4 is 22.9 Å². The predicted molar refractivity (Wildman–Crippen MR) is 105 cm³/mol. The molecular weight excluding hydrogens is 358 g/mol. The molecule has 0 saturated heterocycles. The zero-order chi connectivity index (χ0) is 19.7. The molecule has 0 spiro atoms. The van der Waals surface area contributed by atoms with E-state index in [9.17, 15) is 4.79 Å². The second-order valence-electron chi connectivity index (χ2n) is 6.40. The smallest absolute Gasteiger partial charge is 0.322 e. The van der Waals surface area contributed by atoms with E-state index in [4.69, 9.17) is 13.6 Å². The number of fused-ring (bicyclic) bond motifs is 1. The lowest BCUT2D eigenvalue weighted by Crippen LogP contribution is -2.11. The summed E-state index contributed by atoms with van der Waals surface area (Å²) < 4.78 is 16.8. The van der Waals surface area contributed by atoms with Crippen molar-refractivity contribution in [1.29, 1.82) is 0 Å². The Bertz CT molecular complexity index is 1160. The van der Waals surface area contributed by atoms with Gasteiger partial charge in [0.25, 0.3) is 5.91 Å². The minimum Gasteiger partial charge on any atom is -0.490 e. The van der Waals surface area contributed by atoms with E-state index in [2.05, 4.69) is 15.5 Å². The van der Waals surface area contributed by atoms with Crippen LogP contribution in [0.2, 0.25) is 0 Å². The van der Waals surface area contributed by atoms with Crippen LogP contribution in [-0.4, -0.2) is 22.7 Å². The van der Waals surface area contributed by atoms with Gasteiger partial charge in [-0.1, -0.05) is 34.9 Å². The third kappa shape index (κ3) is 3.34. The summed E-state index contributed by atoms with van der Waals surface area (Å²) in [5.41, 5.74) is 3.44. The molecule has 2 heterocycles. The van der Waals surface area contributed by atoms with Crippen LogP contribution >= 0.6 is 0 Å². The normalized spacial score (nSPS) is 11.0. The number of aromatic nitrogens is 2. The quantitative estimate of drug-likeness (QED) is 0.540. The summed E-state index contributed by atoms with van der Waals surface area (Å²) in [5, 5.41) is 11.3. The van der Waals surface area contributed by atoms with Gasteiger partial charge in [-0.3, -0.25) is 10.1 Å². The summed E-state index contributed by atoms with van der Waals surface area (Å²) in [6.07, 6.45) is 0. The van der Waals surface area contributed by atoms with Crippen LogP contribution in [0.4, 0.5) is 6.01 Å². The fraction of sp³-hybridized carbons (Fsp3) is 0.190. The lowest BCUT2D eigenvalue weighted by molar-refractivity contribution is 0.0995. The lowest BCUT2D eigenvalue weighted by Gasteiger charge is -2.02. The van der Waals surface area contributed by atoms with Crippen LogP contribution < -0.4 is 10.1 Å². The molecule has 2 aromatic carbocycles. The molecule has 4 rings (SSSR count). The van der Waals surface area contributed by atoms with Crippen LogP contribution in [0.3, 0.4) is 0 Å². The number of rotatable bonds is 5. The van der Waals surface area contributed by atoms with Crippen molar-refractivity contribution in [2.75, 3.05) is 11.9 Å². The highest BCUT2D eigenvalue weighted by Crippen LogP contribution is 2.29. The van der Waals surface area contributed by atoms with Crippen LogP contribution in [-0.2, 0) is 0 Å². The van der Waals surface area contributed by atoms with E-state index in [0.29, 0.717) is 23.8 Å². The molecular formula is C21H19N3O4. The van der Waals surface area contributed by atoms with Gasteiger partial charge in [-0.05, 0) is 44.5 Å². The van der Waals surface area contributed by atoms with Crippen molar-refractivity contribution in [3.63, 3.8) is 0 Å². The molecule has 0 radical (unpaired) electrons. The Hall–Kier alpha value is -3.61. The third-order valence-electron chi connectivity index (χ3n) is 4.30. The number of carbonyl (C=O) groups is 1. The number of carbonyl (C=O) groups excluding carboxylic acids is 1. The first kappa shape index (κ1) is 17.8. The van der Waals surface area contributed by atoms with Gasteiger partial charge in [0.15, 0.2) is 17.1 Å². The highest BCUT2D eigenvalue weighted by Gasteiger charge is 2.18. The van der Waals surface area contributed by atoms with Gasteiger partial charge in [-0.15, -0.1) is 5.10 Å². The Balaban J connectivity index is 1.58. The number of aryl methyl sites for hydroxylation is 2. The van der Waals surface area contributed by atoms with E-state index in [0.717, 1.165) is 22.1 Å². The third-order valence-corrected chi connectivity index (χ3v) is 4.30. The van der Waals surface area contributed by atoms with Gasteiger partial charge >= 0.3 is 6.01 Å². The van der Waals surface area contributed by atoms with Crippen LogP contribution in [0.5, 0.6) is 5.75 Å². The van der Waals surface area contributed by atoms with E-state index in [1.807, 2.05) is 51.1 Å². The Morgan fingerprint density at radius 2 is 1.96 bits per heavy atom. The van der Waals surface area contributed by atoms with Gasteiger partial charge in [0.2, 0.25) is 5.89 Å². The van der Waals surface area contributed by atoms with Crippen LogP contribution in [0.15, 0.2) is 51.3 Å². The van der Waals surface area contributed by atoms with E-state index in [1.54, 1.807) is 12.1 Å². The average Bonchev–Trinajstić information content (AvgIpc) is 3.31. The summed E-state index contributed by atoms with van der Waals surface area (Å²) in [7, 11) is 0. The summed E-state index contributed by atoms with van der Waals surface area (Å²) >= 11 is 0. The van der Waals surface area contributed by atoms with E-state index in [1.165, 1.54) is 0 Å². The zero-order valence-electron chi connectivity index (χ0n) is 15.8. The Morgan fingerprint density at radius 1 is 1.11 bits per heavy atom. The number of amides is 1. The zero-order valence-corrected chi connectivity index (χ0v) is 15.8. The van der Waals surface area contributed by atoms with Crippen molar-refractivity contribution < 1.29 is 18.4 Å². The maximum atomic E-state index is 12.5. The lowest BCUT2D eigenvalue weighted by atomic mass is 10.1. The van der Waals surface area contributed by atoms with Crippen molar-refractivity contribution in [3.8, 4) is 17.2 Å².